The number of fused-ring (bicyclic) bond motifs is 1. The van der Waals surface area contributed by atoms with Gasteiger partial charge in [-0.05, 0) is 54.8 Å². The van der Waals surface area contributed by atoms with Gasteiger partial charge >= 0.3 is 0 Å². The summed E-state index contributed by atoms with van der Waals surface area (Å²) in [5.74, 6) is -1.14. The number of amides is 2. The summed E-state index contributed by atoms with van der Waals surface area (Å²) in [4.78, 5) is 30.2. The highest BCUT2D eigenvalue weighted by atomic mass is 19.1. The lowest BCUT2D eigenvalue weighted by Crippen LogP contribution is -2.34. The van der Waals surface area contributed by atoms with Crippen molar-refractivity contribution in [3.05, 3.63) is 101 Å². The molecule has 0 fully saturated rings. The molecule has 148 valence electrons. The summed E-state index contributed by atoms with van der Waals surface area (Å²) in [5, 5.41) is 0. The summed E-state index contributed by atoms with van der Waals surface area (Å²) in [7, 11) is 0. The monoisotopic (exact) mass is 398 g/mol. The van der Waals surface area contributed by atoms with Crippen LogP contribution < -0.4 is 9.80 Å². The molecule has 0 N–H and O–H groups in total. The van der Waals surface area contributed by atoms with Gasteiger partial charge in [-0.1, -0.05) is 48.0 Å². The first-order valence-electron chi connectivity index (χ1n) is 9.86. The number of carbonyl (C=O) groups excluding carboxylic acids is 2. The lowest BCUT2D eigenvalue weighted by Gasteiger charge is -2.22. The molecule has 2 aliphatic rings. The number of nitrogens with zero attached hydrogens (tertiary/aromatic N) is 2. The fourth-order valence-corrected chi connectivity index (χ4v) is 4.14. The lowest BCUT2D eigenvalue weighted by molar-refractivity contribution is -0.120. The van der Waals surface area contributed by atoms with Crippen LogP contribution in [-0.4, -0.2) is 18.4 Å². The van der Waals surface area contributed by atoms with Crippen LogP contribution in [0, 0.1) is 12.7 Å². The summed E-state index contributed by atoms with van der Waals surface area (Å²) in [5.41, 5.74) is 4.81. The van der Waals surface area contributed by atoms with Gasteiger partial charge in [-0.25, -0.2) is 9.29 Å². The normalized spacial score (nSPS) is 15.9. The predicted octanol–water partition coefficient (Wildman–Crippen LogP) is 4.48. The van der Waals surface area contributed by atoms with Crippen LogP contribution in [0.2, 0.25) is 0 Å². The molecule has 0 atom stereocenters. The summed E-state index contributed by atoms with van der Waals surface area (Å²) in [6.07, 6.45) is 0.794. The number of halogens is 1. The van der Waals surface area contributed by atoms with Crippen molar-refractivity contribution in [1.29, 1.82) is 0 Å². The third-order valence-electron chi connectivity index (χ3n) is 5.64. The zero-order valence-corrected chi connectivity index (χ0v) is 16.4. The summed E-state index contributed by atoms with van der Waals surface area (Å²) in [6, 6.07) is 20.9. The second-order valence-corrected chi connectivity index (χ2v) is 7.54. The molecule has 0 unspecified atom stereocenters. The van der Waals surface area contributed by atoms with Crippen molar-refractivity contribution >= 4 is 28.8 Å². The average Bonchev–Trinajstić information content (AvgIpc) is 3.28. The van der Waals surface area contributed by atoms with E-state index >= 15 is 0 Å². The molecule has 3 aromatic carbocycles. The van der Waals surface area contributed by atoms with Crippen molar-refractivity contribution in [2.45, 2.75) is 13.3 Å². The van der Waals surface area contributed by atoms with Crippen LogP contribution in [0.3, 0.4) is 0 Å². The first-order valence-corrected chi connectivity index (χ1v) is 9.86. The second kappa shape index (κ2) is 6.95. The van der Waals surface area contributed by atoms with Crippen LogP contribution >= 0.6 is 0 Å². The molecule has 2 heterocycles. The number of anilines is 2. The standard InChI is InChI=1S/C25H19FN2O2/c1-16-6-12-20(13-7-16)28-24(29)22(18-8-10-19(26)11-9-18)23(25(28)30)27-15-14-17-4-2-3-5-21(17)27/h2-13H,14-15H2,1H3. The summed E-state index contributed by atoms with van der Waals surface area (Å²) in [6.45, 7) is 2.56. The van der Waals surface area contributed by atoms with Gasteiger partial charge < -0.3 is 4.90 Å². The molecular formula is C25H19FN2O2. The maximum absolute atomic E-state index is 13.6. The molecule has 30 heavy (non-hydrogen) atoms. The van der Waals surface area contributed by atoms with Gasteiger partial charge in [0.05, 0.1) is 11.3 Å². The zero-order valence-electron chi connectivity index (χ0n) is 16.4. The average molecular weight is 398 g/mol. The van der Waals surface area contributed by atoms with Crippen LogP contribution in [0.5, 0.6) is 0 Å². The number of hydrogen-bond acceptors (Lipinski definition) is 3. The number of hydrogen-bond donors (Lipinski definition) is 0. The van der Waals surface area contributed by atoms with E-state index in [1.807, 2.05) is 48.2 Å². The van der Waals surface area contributed by atoms with Crippen molar-refractivity contribution in [2.24, 2.45) is 0 Å². The van der Waals surface area contributed by atoms with Crippen molar-refractivity contribution in [3.8, 4) is 0 Å². The summed E-state index contributed by atoms with van der Waals surface area (Å²) < 4.78 is 13.5. The van der Waals surface area contributed by atoms with Gasteiger partial charge in [-0.3, -0.25) is 9.59 Å². The maximum Gasteiger partial charge on any atom is 0.282 e. The Morgan fingerprint density at radius 3 is 2.27 bits per heavy atom. The van der Waals surface area contributed by atoms with Crippen molar-refractivity contribution in [2.75, 3.05) is 16.3 Å². The van der Waals surface area contributed by atoms with E-state index in [9.17, 15) is 14.0 Å². The van der Waals surface area contributed by atoms with Gasteiger partial charge in [0.1, 0.15) is 11.5 Å². The fraction of sp³-hybridized carbons (Fsp3) is 0.120. The molecule has 5 heteroatoms. The minimum absolute atomic E-state index is 0.303. The first kappa shape index (κ1) is 18.3. The van der Waals surface area contributed by atoms with Gasteiger partial charge in [-0.2, -0.15) is 0 Å². The Bertz CT molecular complexity index is 1200. The van der Waals surface area contributed by atoms with Crippen molar-refractivity contribution in [1.82, 2.24) is 0 Å². The number of rotatable bonds is 3. The van der Waals surface area contributed by atoms with Gasteiger partial charge in [-0.15, -0.1) is 0 Å². The molecule has 0 aliphatic carbocycles. The Morgan fingerprint density at radius 1 is 0.833 bits per heavy atom. The van der Waals surface area contributed by atoms with E-state index in [2.05, 4.69) is 0 Å². The van der Waals surface area contributed by atoms with E-state index < -0.39 is 5.91 Å². The third kappa shape index (κ3) is 2.82. The summed E-state index contributed by atoms with van der Waals surface area (Å²) >= 11 is 0. The number of para-hydroxylation sites is 1. The molecule has 0 saturated carbocycles. The van der Waals surface area contributed by atoms with Crippen LogP contribution in [0.15, 0.2) is 78.5 Å². The number of imide groups is 1. The molecule has 4 nitrogen and oxygen atoms in total. The van der Waals surface area contributed by atoms with Crippen LogP contribution in [0.4, 0.5) is 15.8 Å². The minimum Gasteiger partial charge on any atom is -0.336 e. The fourth-order valence-electron chi connectivity index (χ4n) is 4.14. The largest absolute Gasteiger partial charge is 0.336 e. The van der Waals surface area contributed by atoms with E-state index in [1.54, 1.807) is 24.3 Å². The quantitative estimate of drug-likeness (QED) is 0.611. The molecule has 2 amide bonds. The van der Waals surface area contributed by atoms with Crippen LogP contribution in [0.25, 0.3) is 5.57 Å². The zero-order chi connectivity index (χ0) is 20.8. The Hall–Kier alpha value is -3.73. The number of carbonyl (C=O) groups is 2. The molecule has 3 aromatic rings. The Kier molecular flexibility index (Phi) is 4.24. The highest BCUT2D eigenvalue weighted by Crippen LogP contribution is 2.40. The van der Waals surface area contributed by atoms with E-state index in [1.165, 1.54) is 17.0 Å². The Balaban J connectivity index is 1.68. The Morgan fingerprint density at radius 2 is 1.53 bits per heavy atom. The molecule has 0 aromatic heterocycles. The van der Waals surface area contributed by atoms with Crippen LogP contribution in [-0.2, 0) is 16.0 Å². The molecule has 0 radical (unpaired) electrons. The van der Waals surface area contributed by atoms with Gasteiger partial charge in [0, 0.05) is 12.2 Å². The first-order chi connectivity index (χ1) is 14.5. The molecule has 0 bridgehead atoms. The number of benzene rings is 3. The predicted molar refractivity (Wildman–Crippen MR) is 114 cm³/mol. The minimum atomic E-state index is -0.394. The highest BCUT2D eigenvalue weighted by molar-refractivity contribution is 6.46. The molecule has 0 saturated heterocycles. The highest BCUT2D eigenvalue weighted by Gasteiger charge is 2.44. The van der Waals surface area contributed by atoms with Gasteiger partial charge in [0.2, 0.25) is 0 Å². The number of aryl methyl sites for hydroxylation is 1. The topological polar surface area (TPSA) is 40.6 Å². The lowest BCUT2D eigenvalue weighted by atomic mass is 10.0. The molecular weight excluding hydrogens is 379 g/mol. The maximum atomic E-state index is 13.6. The van der Waals surface area contributed by atoms with E-state index in [4.69, 9.17) is 0 Å². The van der Waals surface area contributed by atoms with Crippen LogP contribution in [0.1, 0.15) is 16.7 Å². The van der Waals surface area contributed by atoms with E-state index in [0.717, 1.165) is 23.2 Å². The molecule has 5 rings (SSSR count). The molecule has 2 aliphatic heterocycles. The van der Waals surface area contributed by atoms with Gasteiger partial charge in [0.25, 0.3) is 11.8 Å². The van der Waals surface area contributed by atoms with E-state index in [-0.39, 0.29) is 11.7 Å². The Labute approximate surface area is 173 Å². The second-order valence-electron chi connectivity index (χ2n) is 7.54. The smallest absolute Gasteiger partial charge is 0.282 e. The SMILES string of the molecule is Cc1ccc(N2C(=O)C(c3ccc(F)cc3)=C(N3CCc4ccccc43)C2=O)cc1. The van der Waals surface area contributed by atoms with Gasteiger partial charge in [0.15, 0.2) is 0 Å². The van der Waals surface area contributed by atoms with E-state index in [0.29, 0.717) is 29.1 Å². The molecule has 0 spiro atoms. The third-order valence-corrected chi connectivity index (χ3v) is 5.64. The van der Waals surface area contributed by atoms with Crippen molar-refractivity contribution < 1.29 is 14.0 Å². The van der Waals surface area contributed by atoms with Crippen molar-refractivity contribution in [3.63, 3.8) is 0 Å².